The number of H-pyrrole nitrogens is 1. The molecule has 2 heterocycles. The quantitative estimate of drug-likeness (QED) is 0.889. The van der Waals surface area contributed by atoms with Gasteiger partial charge in [-0.05, 0) is 31.4 Å². The molecule has 1 saturated heterocycles. The molecule has 0 bridgehead atoms. The van der Waals surface area contributed by atoms with Crippen molar-refractivity contribution in [3.05, 3.63) is 53.3 Å². The Morgan fingerprint density at radius 3 is 2.48 bits per heavy atom. The van der Waals surface area contributed by atoms with Crippen molar-refractivity contribution in [2.75, 3.05) is 20.1 Å². The number of aryl methyl sites for hydroxylation is 1. The zero-order valence-electron chi connectivity index (χ0n) is 14.5. The molecule has 3 rings (SSSR count). The molecule has 1 aromatic carbocycles. The molecule has 0 aliphatic carbocycles. The molecule has 0 atom stereocenters. The van der Waals surface area contributed by atoms with Crippen LogP contribution >= 0.6 is 0 Å². The Morgan fingerprint density at radius 2 is 1.84 bits per heavy atom. The molecule has 0 radical (unpaired) electrons. The van der Waals surface area contributed by atoms with Gasteiger partial charge in [-0.25, -0.2) is 8.42 Å². The lowest BCUT2D eigenvalue weighted by atomic mass is 10.1. The van der Waals surface area contributed by atoms with Crippen molar-refractivity contribution in [2.24, 2.45) is 0 Å². The van der Waals surface area contributed by atoms with E-state index in [-0.39, 0.29) is 16.5 Å². The van der Waals surface area contributed by atoms with Crippen molar-refractivity contribution in [2.45, 2.75) is 31.2 Å². The van der Waals surface area contributed by atoms with Crippen LogP contribution in [0.5, 0.6) is 0 Å². The van der Waals surface area contributed by atoms with Crippen LogP contribution in [0.15, 0.2) is 41.4 Å². The number of nitrogens with one attached hydrogen (secondary N) is 1. The summed E-state index contributed by atoms with van der Waals surface area (Å²) in [6.07, 6.45) is 3.17. The third-order valence-electron chi connectivity index (χ3n) is 4.48. The highest BCUT2D eigenvalue weighted by atomic mass is 32.2. The van der Waals surface area contributed by atoms with Crippen molar-refractivity contribution in [3.63, 3.8) is 0 Å². The molecular weight excluding hydrogens is 338 g/mol. The fourth-order valence-corrected chi connectivity index (χ4v) is 4.48. The summed E-state index contributed by atoms with van der Waals surface area (Å²) in [5.74, 6) is -0.233. The topological polar surface area (TPSA) is 73.5 Å². The van der Waals surface area contributed by atoms with Gasteiger partial charge < -0.3 is 9.88 Å². The third-order valence-corrected chi connectivity index (χ3v) is 6.35. The first-order chi connectivity index (χ1) is 11.9. The molecular formula is C18H23N3O3S. The summed E-state index contributed by atoms with van der Waals surface area (Å²) in [7, 11) is -1.80. The second-order valence-electron chi connectivity index (χ2n) is 6.51. The molecule has 2 aromatic rings. The van der Waals surface area contributed by atoms with Gasteiger partial charge in [-0.15, -0.1) is 0 Å². The Hall–Kier alpha value is -2.12. The second-order valence-corrected chi connectivity index (χ2v) is 8.44. The number of rotatable bonds is 5. The SMILES string of the molecule is Cc1ccc(CN(C)C(=O)c2cc(S(=O)(=O)N3CCCC3)c[nH]2)cc1. The van der Waals surface area contributed by atoms with E-state index in [1.165, 1.54) is 22.1 Å². The monoisotopic (exact) mass is 361 g/mol. The molecule has 0 spiro atoms. The summed E-state index contributed by atoms with van der Waals surface area (Å²) in [5, 5.41) is 0. The molecule has 1 fully saturated rings. The normalized spacial score (nSPS) is 15.4. The minimum Gasteiger partial charge on any atom is -0.356 e. The molecule has 7 heteroatoms. The van der Waals surface area contributed by atoms with Crippen LogP contribution in [0, 0.1) is 6.92 Å². The lowest BCUT2D eigenvalue weighted by Crippen LogP contribution is -2.28. The molecule has 134 valence electrons. The van der Waals surface area contributed by atoms with E-state index < -0.39 is 10.0 Å². The van der Waals surface area contributed by atoms with Crippen LogP contribution in [-0.2, 0) is 16.6 Å². The van der Waals surface area contributed by atoms with E-state index in [2.05, 4.69) is 4.98 Å². The number of aromatic nitrogens is 1. The number of sulfonamides is 1. The van der Waals surface area contributed by atoms with Crippen molar-refractivity contribution < 1.29 is 13.2 Å². The first-order valence-corrected chi connectivity index (χ1v) is 9.81. The van der Waals surface area contributed by atoms with Gasteiger partial charge in [0, 0.05) is 32.9 Å². The van der Waals surface area contributed by atoms with Gasteiger partial charge in [0.15, 0.2) is 0 Å². The minimum atomic E-state index is -3.51. The highest BCUT2D eigenvalue weighted by molar-refractivity contribution is 7.89. The highest BCUT2D eigenvalue weighted by Crippen LogP contribution is 2.22. The van der Waals surface area contributed by atoms with E-state index in [1.807, 2.05) is 31.2 Å². The van der Waals surface area contributed by atoms with E-state index in [0.717, 1.165) is 18.4 Å². The zero-order valence-corrected chi connectivity index (χ0v) is 15.3. The number of aromatic amines is 1. The van der Waals surface area contributed by atoms with Crippen LogP contribution in [0.25, 0.3) is 0 Å². The van der Waals surface area contributed by atoms with Crippen molar-refractivity contribution >= 4 is 15.9 Å². The van der Waals surface area contributed by atoms with Crippen molar-refractivity contribution in [3.8, 4) is 0 Å². The standard InChI is InChI=1S/C18H23N3O3S/c1-14-5-7-15(8-6-14)13-20(2)18(22)17-11-16(12-19-17)25(23,24)21-9-3-4-10-21/h5-8,11-12,19H,3-4,9-10,13H2,1-2H3. The highest BCUT2D eigenvalue weighted by Gasteiger charge is 2.29. The van der Waals surface area contributed by atoms with Gasteiger partial charge in [0.2, 0.25) is 10.0 Å². The van der Waals surface area contributed by atoms with E-state index in [9.17, 15) is 13.2 Å². The van der Waals surface area contributed by atoms with Gasteiger partial charge in [0.05, 0.1) is 0 Å². The maximum absolute atomic E-state index is 12.6. The van der Waals surface area contributed by atoms with Gasteiger partial charge in [-0.3, -0.25) is 4.79 Å². The van der Waals surface area contributed by atoms with Gasteiger partial charge in [-0.1, -0.05) is 29.8 Å². The predicted octanol–water partition coefficient (Wildman–Crippen LogP) is 2.38. The number of amides is 1. The lowest BCUT2D eigenvalue weighted by Gasteiger charge is -2.16. The smallest absolute Gasteiger partial charge is 0.270 e. The number of hydrogen-bond acceptors (Lipinski definition) is 3. The van der Waals surface area contributed by atoms with Crippen LogP contribution in [-0.4, -0.2) is 48.7 Å². The summed E-state index contributed by atoms with van der Waals surface area (Å²) >= 11 is 0. The molecule has 0 saturated carbocycles. The molecule has 1 aliphatic heterocycles. The van der Waals surface area contributed by atoms with Gasteiger partial charge in [0.1, 0.15) is 10.6 Å². The number of benzene rings is 1. The Bertz CT molecular complexity index is 850. The number of hydrogen-bond donors (Lipinski definition) is 1. The van der Waals surface area contributed by atoms with E-state index in [4.69, 9.17) is 0 Å². The van der Waals surface area contributed by atoms with E-state index in [0.29, 0.717) is 19.6 Å². The first kappa shape index (κ1) is 17.7. The maximum atomic E-state index is 12.6. The third kappa shape index (κ3) is 3.77. The number of nitrogens with zero attached hydrogens (tertiary/aromatic N) is 2. The van der Waals surface area contributed by atoms with Crippen LogP contribution in [0.3, 0.4) is 0 Å². The fraction of sp³-hybridized carbons (Fsp3) is 0.389. The maximum Gasteiger partial charge on any atom is 0.270 e. The fourth-order valence-electron chi connectivity index (χ4n) is 2.97. The average Bonchev–Trinajstić information content (AvgIpc) is 3.28. The van der Waals surface area contributed by atoms with Crippen LogP contribution < -0.4 is 0 Å². The van der Waals surface area contributed by atoms with Crippen LogP contribution in [0.2, 0.25) is 0 Å². The summed E-state index contributed by atoms with van der Waals surface area (Å²) < 4.78 is 26.6. The molecule has 25 heavy (non-hydrogen) atoms. The average molecular weight is 361 g/mol. The van der Waals surface area contributed by atoms with Gasteiger partial charge in [0.25, 0.3) is 5.91 Å². The predicted molar refractivity (Wildman–Crippen MR) is 95.8 cm³/mol. The van der Waals surface area contributed by atoms with Gasteiger partial charge >= 0.3 is 0 Å². The van der Waals surface area contributed by atoms with Gasteiger partial charge in [-0.2, -0.15) is 4.31 Å². The number of carbonyl (C=O) groups is 1. The largest absolute Gasteiger partial charge is 0.356 e. The molecule has 0 unspecified atom stereocenters. The minimum absolute atomic E-state index is 0.154. The van der Waals surface area contributed by atoms with Crippen molar-refractivity contribution in [1.29, 1.82) is 0 Å². The van der Waals surface area contributed by atoms with Crippen LogP contribution in [0.4, 0.5) is 0 Å². The second kappa shape index (κ2) is 7.01. The summed E-state index contributed by atoms with van der Waals surface area (Å²) in [6, 6.07) is 9.40. The zero-order chi connectivity index (χ0) is 18.0. The molecule has 1 aromatic heterocycles. The Balaban J connectivity index is 1.72. The summed E-state index contributed by atoms with van der Waals surface area (Å²) in [4.78, 5) is 17.1. The summed E-state index contributed by atoms with van der Waals surface area (Å²) in [5.41, 5.74) is 2.48. The number of carbonyl (C=O) groups excluding carboxylic acids is 1. The van der Waals surface area contributed by atoms with Crippen molar-refractivity contribution in [1.82, 2.24) is 14.2 Å². The first-order valence-electron chi connectivity index (χ1n) is 8.37. The van der Waals surface area contributed by atoms with E-state index in [1.54, 1.807) is 11.9 Å². The summed E-state index contributed by atoms with van der Waals surface area (Å²) in [6.45, 7) is 3.57. The lowest BCUT2D eigenvalue weighted by molar-refractivity contribution is 0.0780. The van der Waals surface area contributed by atoms with E-state index >= 15 is 0 Å². The van der Waals surface area contributed by atoms with Crippen LogP contribution in [0.1, 0.15) is 34.5 Å². The molecule has 1 amide bonds. The Morgan fingerprint density at radius 1 is 1.20 bits per heavy atom. The molecule has 6 nitrogen and oxygen atoms in total. The molecule has 1 N–H and O–H groups in total. The Kier molecular flexibility index (Phi) is 4.96. The molecule has 1 aliphatic rings. The Labute approximate surface area is 148 Å².